The number of methoxy groups -OCH3 is 2. The van der Waals surface area contributed by atoms with Crippen molar-refractivity contribution in [2.24, 2.45) is 5.34 Å². The molecular weight excluding hydrogens is 708 g/mol. The number of benzene rings is 4. The Bertz CT molecular complexity index is 1640. The molecule has 2 N–H and O–H groups in total. The third-order valence-electron chi connectivity index (χ3n) is 5.69. The van der Waals surface area contributed by atoms with Gasteiger partial charge >= 0.3 is 28.3 Å². The van der Waals surface area contributed by atoms with Crippen LogP contribution in [0.5, 0.6) is 11.5 Å². The summed E-state index contributed by atoms with van der Waals surface area (Å²) in [5, 5.41) is 6.56. The molecule has 2 heterocycles. The van der Waals surface area contributed by atoms with Gasteiger partial charge in [-0.1, -0.05) is 36.4 Å². The Hall–Kier alpha value is -3.24. The van der Waals surface area contributed by atoms with E-state index in [4.69, 9.17) is 24.0 Å². The fourth-order valence-corrected chi connectivity index (χ4v) is 4.42. The van der Waals surface area contributed by atoms with Crippen LogP contribution in [0, 0.1) is 4.91 Å². The maximum atomic E-state index is 9.35. The van der Waals surface area contributed by atoms with Gasteiger partial charge in [-0.2, -0.15) is 0 Å². The van der Waals surface area contributed by atoms with Crippen LogP contribution in [0.15, 0.2) is 91.4 Å². The number of furan rings is 2. The average molecular weight is 737 g/mol. The van der Waals surface area contributed by atoms with E-state index in [0.29, 0.717) is 11.4 Å². The molecule has 41 heavy (non-hydrogen) atoms. The van der Waals surface area contributed by atoms with Gasteiger partial charge in [0, 0.05) is 27.6 Å². The van der Waals surface area contributed by atoms with E-state index in [1.807, 2.05) is 60.7 Å². The summed E-state index contributed by atoms with van der Waals surface area (Å²) in [7, 11) is 3.27. The van der Waals surface area contributed by atoms with Gasteiger partial charge in [0.25, 0.3) is 0 Å². The summed E-state index contributed by atoms with van der Waals surface area (Å²) < 4.78 is 22.8. The van der Waals surface area contributed by atoms with Gasteiger partial charge < -0.3 is 28.9 Å². The number of halogens is 2. The van der Waals surface area contributed by atoms with Crippen molar-refractivity contribution in [3.8, 4) is 11.5 Å². The van der Waals surface area contributed by atoms with E-state index >= 15 is 0 Å². The monoisotopic (exact) mass is 734 g/mol. The molecule has 0 saturated carbocycles. The molecule has 0 bridgehead atoms. The number of ether oxygens (including phenoxy) is 2. The molecule has 2 aromatic heterocycles. The van der Waals surface area contributed by atoms with Crippen molar-refractivity contribution in [3.05, 3.63) is 82.2 Å². The number of para-hydroxylation sites is 2. The third kappa shape index (κ3) is 7.95. The quantitative estimate of drug-likeness (QED) is 0.0834. The zero-order valence-corrected chi connectivity index (χ0v) is 27.1. The first kappa shape index (κ1) is 32.3. The van der Waals surface area contributed by atoms with Crippen LogP contribution in [0.25, 0.3) is 43.9 Å². The van der Waals surface area contributed by atoms with E-state index in [0.717, 1.165) is 54.1 Å². The molecule has 8 nitrogen and oxygen atoms in total. The summed E-state index contributed by atoms with van der Waals surface area (Å²) in [5.74, 6) is 1.50. The van der Waals surface area contributed by atoms with Gasteiger partial charge in [0.1, 0.15) is 39.4 Å². The normalized spacial score (nSPS) is 10.7. The topological polar surface area (TPSA) is 109 Å². The van der Waals surface area contributed by atoms with Crippen molar-refractivity contribution in [2.45, 2.75) is 26.4 Å². The van der Waals surface area contributed by atoms with E-state index in [1.165, 1.54) is 0 Å². The second-order valence-electron chi connectivity index (χ2n) is 9.55. The van der Waals surface area contributed by atoms with Gasteiger partial charge in [-0.3, -0.25) is 0 Å². The van der Waals surface area contributed by atoms with Gasteiger partial charge in [0.15, 0.2) is 5.34 Å². The van der Waals surface area contributed by atoms with Crippen molar-refractivity contribution in [2.75, 3.05) is 20.0 Å². The Morgan fingerprint density at radius 2 is 1.20 bits per heavy atom. The molecule has 0 aliphatic heterocycles. The fourth-order valence-electron chi connectivity index (χ4n) is 3.94. The number of rotatable bonds is 3. The number of anilines is 1. The van der Waals surface area contributed by atoms with Crippen molar-refractivity contribution in [1.82, 2.24) is 0 Å². The summed E-state index contributed by atoms with van der Waals surface area (Å²) in [6.45, 7) is 5.28. The molecule has 0 atom stereocenters. The van der Waals surface area contributed by atoms with Crippen molar-refractivity contribution >= 4 is 79.6 Å². The number of nitrogen functional groups attached to an aromatic ring is 1. The predicted molar refractivity (Wildman–Crippen MR) is 168 cm³/mol. The molecule has 11 heteroatoms. The average Bonchev–Trinajstić information content (AvgIpc) is 3.50. The van der Waals surface area contributed by atoms with Crippen LogP contribution in [-0.4, -0.2) is 19.8 Å². The van der Waals surface area contributed by atoms with Gasteiger partial charge in [0.05, 0.1) is 24.4 Å². The molecule has 6 aromatic rings. The number of nitrogens with two attached hydrogens (primary N) is 1. The number of nitrogens with zero attached hydrogens (tertiary/aromatic N) is 1. The van der Waals surface area contributed by atoms with Crippen LogP contribution in [0.1, 0.15) is 20.8 Å². The van der Waals surface area contributed by atoms with Gasteiger partial charge in [-0.15, -0.1) is 4.91 Å². The Balaban J connectivity index is 0.000000177. The molecule has 0 spiro atoms. The number of fused-ring (bicyclic) bond motifs is 6. The second kappa shape index (κ2) is 14.6. The summed E-state index contributed by atoms with van der Waals surface area (Å²) in [6, 6.07) is 23.5. The molecule has 4 aromatic carbocycles. The zero-order chi connectivity index (χ0) is 30.2. The van der Waals surface area contributed by atoms with E-state index in [-0.39, 0.29) is 0 Å². The zero-order valence-electron chi connectivity index (χ0n) is 23.0. The molecular formula is C30H29Br2CuN2O6. The van der Waals surface area contributed by atoms with E-state index in [9.17, 15) is 4.91 Å². The summed E-state index contributed by atoms with van der Waals surface area (Å²) in [6.07, 6.45) is 0. The molecule has 0 amide bonds. The maximum absolute atomic E-state index is 9.35. The molecule has 0 aliphatic carbocycles. The predicted octanol–water partition coefficient (Wildman–Crippen LogP) is 9.86. The van der Waals surface area contributed by atoms with Crippen molar-refractivity contribution < 1.29 is 37.4 Å². The van der Waals surface area contributed by atoms with Gasteiger partial charge in [-0.05, 0) is 67.0 Å². The van der Waals surface area contributed by atoms with Crippen LogP contribution >= 0.6 is 30.0 Å². The van der Waals surface area contributed by atoms with Gasteiger partial charge in [0.2, 0.25) is 0 Å². The minimum absolute atomic E-state index is 0.429. The SMILES string of the molecule is CC(C)(C)ON=O.COc1cc2c(cc1Br)oc1ccccc12.COc1cc2c(cc1N)oc1ccccc12.[Cu][Br]. The third-order valence-corrected chi connectivity index (χ3v) is 6.31. The summed E-state index contributed by atoms with van der Waals surface area (Å²) >= 11 is 9.95. The Labute approximate surface area is 261 Å². The van der Waals surface area contributed by atoms with E-state index in [2.05, 4.69) is 60.5 Å². The van der Waals surface area contributed by atoms with Crippen LogP contribution in [0.2, 0.25) is 0 Å². The van der Waals surface area contributed by atoms with E-state index in [1.54, 1.807) is 41.1 Å². The Morgan fingerprint density at radius 1 is 0.732 bits per heavy atom. The van der Waals surface area contributed by atoms with Crippen LogP contribution in [0.4, 0.5) is 5.69 Å². The van der Waals surface area contributed by atoms with Crippen LogP contribution < -0.4 is 15.2 Å². The first-order valence-corrected chi connectivity index (χ1v) is 15.3. The van der Waals surface area contributed by atoms with Crippen molar-refractivity contribution in [3.63, 3.8) is 0 Å². The standard InChI is InChI=1S/C13H9BrO2.C13H11NO2.C4H9NO2.BrH.Cu/c2*1-15-13-6-9-8-4-2-3-5-11(8)16-12(9)7-10(13)14;1-4(2,3)7-5-6;;/h2-7H,1H3;2-7H,14H2,1H3;1-3H3;1H;/q;;;;+1/p-1. The molecule has 6 rings (SSSR count). The number of hydrogen-bond acceptors (Lipinski definition) is 8. The Morgan fingerprint density at radius 3 is 1.63 bits per heavy atom. The van der Waals surface area contributed by atoms with Crippen LogP contribution in [0.3, 0.4) is 0 Å². The first-order valence-electron chi connectivity index (χ1n) is 12.2. The Kier molecular flexibility index (Phi) is 11.5. The van der Waals surface area contributed by atoms with E-state index < -0.39 is 5.60 Å². The summed E-state index contributed by atoms with van der Waals surface area (Å²) in [5.41, 5.74) is 9.42. The molecule has 220 valence electrons. The molecule has 0 radical (unpaired) electrons. The molecule has 0 saturated heterocycles. The van der Waals surface area contributed by atoms with Crippen LogP contribution in [-0.2, 0) is 19.0 Å². The molecule has 0 aliphatic rings. The summed E-state index contributed by atoms with van der Waals surface area (Å²) in [4.78, 5) is 13.6. The molecule has 0 unspecified atom stereocenters. The number of hydrogen-bond donors (Lipinski definition) is 1. The first-order chi connectivity index (χ1) is 19.6. The second-order valence-corrected chi connectivity index (χ2v) is 10.4. The minimum atomic E-state index is -0.429. The van der Waals surface area contributed by atoms with Crippen molar-refractivity contribution in [1.29, 1.82) is 0 Å². The fraction of sp³-hybridized carbons (Fsp3) is 0.200. The van der Waals surface area contributed by atoms with Gasteiger partial charge in [-0.25, -0.2) is 0 Å². The molecule has 0 fully saturated rings.